The zero-order valence-corrected chi connectivity index (χ0v) is 57.7. The summed E-state index contributed by atoms with van der Waals surface area (Å²) in [6.07, 6.45) is -17.9. The molecule has 0 saturated carbocycles. The molecule has 554 valence electrons. The van der Waals surface area contributed by atoms with Crippen LogP contribution in [-0.2, 0) is 57.3 Å². The third-order valence-electron chi connectivity index (χ3n) is 18.5. The Morgan fingerprint density at radius 3 is 1.91 bits per heavy atom. The molecule has 0 aliphatic carbocycles. The molecule has 33 nitrogen and oxygen atoms in total. The van der Waals surface area contributed by atoms with Crippen LogP contribution in [0.2, 0.25) is 10.0 Å². The second-order valence-corrected chi connectivity index (χ2v) is 26.9. The van der Waals surface area contributed by atoms with Gasteiger partial charge < -0.3 is 127 Å². The highest BCUT2D eigenvalue weighted by Gasteiger charge is 2.52. The van der Waals surface area contributed by atoms with Crippen LogP contribution < -0.4 is 62.5 Å². The number of carbonyl (C=O) groups excluding carboxylic acids is 8. The number of aliphatic hydroxyl groups excluding tert-OH is 6. The number of aromatic hydroxyl groups is 3. The van der Waals surface area contributed by atoms with E-state index in [2.05, 4.69) is 42.5 Å². The van der Waals surface area contributed by atoms with Crippen molar-refractivity contribution in [2.45, 2.75) is 156 Å². The number of fused-ring (bicyclic) bond motifs is 15. The molecular weight excluding hydrogens is 1400 g/mol. The lowest BCUT2D eigenvalue weighted by molar-refractivity contribution is -0.334. The fourth-order valence-corrected chi connectivity index (χ4v) is 13.3. The van der Waals surface area contributed by atoms with E-state index in [1.165, 1.54) is 25.2 Å². The smallest absolute Gasteiger partial charge is 0.333 e. The van der Waals surface area contributed by atoms with Gasteiger partial charge in [-0.15, -0.1) is 0 Å². The number of esters is 1. The largest absolute Gasteiger partial charge is 0.508 e. The highest BCUT2D eigenvalue weighted by atomic mass is 35.5. The van der Waals surface area contributed by atoms with Crippen molar-refractivity contribution in [3.63, 3.8) is 0 Å². The van der Waals surface area contributed by atoms with Crippen molar-refractivity contribution >= 4 is 70.5 Å². The van der Waals surface area contributed by atoms with Crippen LogP contribution in [0.3, 0.4) is 0 Å². The number of rotatable bonds is 14. The van der Waals surface area contributed by atoms with Crippen molar-refractivity contribution < 1.29 is 117 Å². The zero-order valence-electron chi connectivity index (χ0n) is 56.2. The Morgan fingerprint density at radius 1 is 0.709 bits per heavy atom. The summed E-state index contributed by atoms with van der Waals surface area (Å²) in [6.45, 7) is 5.93. The third kappa shape index (κ3) is 16.1. The van der Waals surface area contributed by atoms with Crippen molar-refractivity contribution in [3.05, 3.63) is 117 Å². The predicted molar refractivity (Wildman–Crippen MR) is 359 cm³/mol. The number of likely N-dealkylation sites (N-methyl/N-ethyl adjacent to an activating group) is 2. The summed E-state index contributed by atoms with van der Waals surface area (Å²) in [4.78, 5) is 118. The first-order chi connectivity index (χ1) is 48.8. The maximum atomic E-state index is 16.1. The van der Waals surface area contributed by atoms with Crippen LogP contribution in [0.25, 0.3) is 11.1 Å². The summed E-state index contributed by atoms with van der Waals surface area (Å²) >= 11 is 14.2. The highest BCUT2D eigenvalue weighted by molar-refractivity contribution is 6.32. The minimum Gasteiger partial charge on any atom is -0.508 e. The molecule has 0 radical (unpaired) electrons. The maximum Gasteiger partial charge on any atom is 0.333 e. The highest BCUT2D eigenvalue weighted by Crippen LogP contribution is 2.50. The molecule has 5 aromatic rings. The van der Waals surface area contributed by atoms with Crippen LogP contribution in [0.15, 0.2) is 78.9 Å². The van der Waals surface area contributed by atoms with Crippen LogP contribution in [-0.4, -0.2) is 200 Å². The van der Waals surface area contributed by atoms with Crippen LogP contribution in [0.5, 0.6) is 46.0 Å². The number of methoxy groups -OCH3 is 1. The number of halogens is 2. The van der Waals surface area contributed by atoms with Gasteiger partial charge in [-0.2, -0.15) is 0 Å². The lowest BCUT2D eigenvalue weighted by atomic mass is 9.85. The average molecular weight is 1480 g/mol. The number of primary amides is 1. The van der Waals surface area contributed by atoms with E-state index < -0.39 is 231 Å². The Morgan fingerprint density at radius 2 is 1.32 bits per heavy atom. The van der Waals surface area contributed by atoms with Crippen LogP contribution in [0, 0.1) is 5.92 Å². The van der Waals surface area contributed by atoms with E-state index in [1.807, 2.05) is 13.8 Å². The fourth-order valence-electron chi connectivity index (χ4n) is 12.8. The van der Waals surface area contributed by atoms with Gasteiger partial charge in [-0.25, -0.2) is 4.79 Å². The summed E-state index contributed by atoms with van der Waals surface area (Å²) in [5.41, 5.74) is 2.24. The molecule has 19 N–H and O–H groups in total. The molecule has 2 saturated heterocycles. The van der Waals surface area contributed by atoms with E-state index in [-0.39, 0.29) is 52.0 Å². The van der Waals surface area contributed by atoms with Crippen molar-refractivity contribution in [2.75, 3.05) is 27.8 Å². The number of phenols is 3. The second-order valence-electron chi connectivity index (χ2n) is 26.1. The number of amides is 7. The quantitative estimate of drug-likeness (QED) is 0.0671. The first-order valence-corrected chi connectivity index (χ1v) is 33.2. The van der Waals surface area contributed by atoms with Crippen LogP contribution >= 0.6 is 23.2 Å². The van der Waals surface area contributed by atoms with Gasteiger partial charge in [-0.3, -0.25) is 33.6 Å². The van der Waals surface area contributed by atoms with E-state index in [1.54, 1.807) is 20.9 Å². The van der Waals surface area contributed by atoms with Gasteiger partial charge in [0, 0.05) is 34.7 Å². The van der Waals surface area contributed by atoms with Crippen LogP contribution in [0.1, 0.15) is 105 Å². The molecule has 7 amide bonds. The summed E-state index contributed by atoms with van der Waals surface area (Å²) in [5.74, 6) is -14.9. The molecule has 7 aliphatic rings. The standard InChI is InChI=1S/C68H79Cl2N9O24/c1-25(2)14-36(72-5)60(90)78-51-53(85)28-9-12-40(34(69)16-28)99-42-18-30-19-43(57(42)103-67-58(56(88)55(87)44(24-80)101-67)102-46-23-68(4,73-6)59(89)26(3)98-46)100-41-13-10-29(17-35(41)70)54(86)52-65(95)77-50(66(96)97-7)33-20-31(81)21-39(83)47(33)32-15-27(8-11-38(32)82)48(62(92)79-52)76-63(93)49(30)75-61(91)37(22-45(71)84)74-64(51)94/h8-13,15-21,25-26,36-37,44,46,48-56,58-59,67,72-73,80-83,85-89H,14,22-24H2,1-7H3,(H2,71,84)(H,74,94)(H,75,91)(H,76,93)(H,77,95)(H,78,90)(H,79,92)/t26-,36+,37-,44+,46?,48+,49+,50-,51+,52-,53+,54+,55+,56-,58?,59+,67?,68-/m0/s1. The molecule has 2 fully saturated rings. The maximum absolute atomic E-state index is 16.1. The number of aliphatic hydroxyl groups is 6. The van der Waals surface area contributed by atoms with Crippen molar-refractivity contribution in [1.29, 1.82) is 0 Å². The zero-order chi connectivity index (χ0) is 75.0. The molecule has 0 aromatic heterocycles. The van der Waals surface area contributed by atoms with Gasteiger partial charge in [0.15, 0.2) is 29.9 Å². The van der Waals surface area contributed by atoms with Crippen molar-refractivity contribution in [2.24, 2.45) is 11.7 Å². The monoisotopic (exact) mass is 1480 g/mol. The van der Waals surface area contributed by atoms with Gasteiger partial charge in [-0.1, -0.05) is 55.2 Å². The molecule has 11 bridgehead atoms. The topological polar surface area (TPSA) is 506 Å². The van der Waals surface area contributed by atoms with E-state index >= 15 is 19.2 Å². The summed E-state index contributed by atoms with van der Waals surface area (Å²) in [5, 5.41) is 124. The van der Waals surface area contributed by atoms with Crippen molar-refractivity contribution in [3.8, 4) is 57.1 Å². The van der Waals surface area contributed by atoms with E-state index in [4.69, 9.17) is 62.1 Å². The first kappa shape index (κ1) is 76.4. The van der Waals surface area contributed by atoms with Gasteiger partial charge >= 0.3 is 5.97 Å². The predicted octanol–water partition coefficient (Wildman–Crippen LogP) is 0.455. The number of nitrogens with two attached hydrogens (primary N) is 1. The Labute approximate surface area is 597 Å². The molecule has 5 aromatic carbocycles. The number of hydrogen-bond donors (Lipinski definition) is 18. The minimum absolute atomic E-state index is 0.0921. The first-order valence-electron chi connectivity index (χ1n) is 32.5. The number of hydrogen-bond acceptors (Lipinski definition) is 26. The summed E-state index contributed by atoms with van der Waals surface area (Å²) in [7, 11) is 4.01. The Bertz CT molecular complexity index is 4120. The Hall–Kier alpha value is -9.20. The minimum atomic E-state index is -2.33. The molecule has 3 unspecified atom stereocenters. The SMILES string of the molecule is CN[C@H](CC(C)C)C(=O)N[C@H]1C(=O)N[C@@H](CC(N)=O)C(=O)N[C@H]2C(=O)N[C@H]3C(=O)N[C@H](C(=O)N[C@H](C(=O)OC)c4cc(O)cc(O)c4-c4cc3ccc4O)[C@H](O)c3ccc(c(Cl)c3)Oc3cc2cc(c3OC2O[C@H](CO)[C@@H](O)[C@H](O)C2OC2C[C@](C)(NC)[C@H](O)[C@H](C)O2)Oc2ccc(cc2Cl)[C@H]1O. The normalized spacial score (nSPS) is 29.1. The molecular formula is C68H79Cl2N9O24. The molecule has 7 heterocycles. The average Bonchev–Trinajstić information content (AvgIpc) is 0.770. The Kier molecular flexibility index (Phi) is 23.3. The molecule has 12 rings (SSSR count). The fraction of sp³-hybridized carbons (Fsp3) is 0.441. The van der Waals surface area contributed by atoms with E-state index in [0.29, 0.717) is 0 Å². The molecule has 7 aliphatic heterocycles. The number of ether oxygens (including phenoxy) is 7. The second kappa shape index (κ2) is 31.4. The van der Waals surface area contributed by atoms with Gasteiger partial charge in [0.05, 0.1) is 48.4 Å². The molecule has 0 spiro atoms. The summed E-state index contributed by atoms with van der Waals surface area (Å²) in [6, 6.07) is 0.191. The molecule has 18 atom stereocenters. The lowest BCUT2D eigenvalue weighted by Crippen LogP contribution is -2.65. The van der Waals surface area contributed by atoms with Gasteiger partial charge in [-0.05, 0) is 117 Å². The number of phenolic OH excluding ortho intramolecular Hbond substituents is 3. The van der Waals surface area contributed by atoms with E-state index in [9.17, 15) is 65.1 Å². The summed E-state index contributed by atoms with van der Waals surface area (Å²) < 4.78 is 43.8. The number of benzene rings is 5. The van der Waals surface area contributed by atoms with Gasteiger partial charge in [0.2, 0.25) is 53.4 Å². The van der Waals surface area contributed by atoms with E-state index in [0.717, 1.165) is 67.8 Å². The number of nitrogens with one attached hydrogen (secondary N) is 8. The van der Waals surface area contributed by atoms with Gasteiger partial charge in [0.25, 0.3) is 0 Å². The number of carbonyl (C=O) groups is 8. The lowest BCUT2D eigenvalue weighted by Gasteiger charge is -2.48. The molecule has 103 heavy (non-hydrogen) atoms. The molecule has 35 heteroatoms. The Balaban J connectivity index is 1.24. The van der Waals surface area contributed by atoms with Crippen LogP contribution in [0.4, 0.5) is 0 Å². The van der Waals surface area contributed by atoms with Crippen molar-refractivity contribution in [1.82, 2.24) is 42.5 Å². The van der Waals surface area contributed by atoms with Gasteiger partial charge in [0.1, 0.15) is 89.5 Å². The third-order valence-corrected chi connectivity index (χ3v) is 19.1.